The summed E-state index contributed by atoms with van der Waals surface area (Å²) in [5, 5.41) is 5.72. The number of carbonyl (C=O) groups is 3. The number of Topliss-reactive ketones (excluding diaryl/α,β-unsaturated/α-hetero) is 1. The molecule has 3 N–H and O–H groups in total. The Hall–Kier alpha value is -2.21. The fourth-order valence-corrected chi connectivity index (χ4v) is 2.20. The third kappa shape index (κ3) is 5.17. The van der Waals surface area contributed by atoms with Gasteiger partial charge in [-0.25, -0.2) is 0 Å². The highest BCUT2D eigenvalue weighted by atomic mass is 16.2. The van der Waals surface area contributed by atoms with Gasteiger partial charge in [-0.3, -0.25) is 14.4 Å². The van der Waals surface area contributed by atoms with Gasteiger partial charge >= 0.3 is 0 Å². The van der Waals surface area contributed by atoms with Crippen molar-refractivity contribution in [3.63, 3.8) is 0 Å². The van der Waals surface area contributed by atoms with Crippen molar-refractivity contribution >= 4 is 23.3 Å². The second kappa shape index (κ2) is 7.37. The smallest absolute Gasteiger partial charge is 0.282 e. The van der Waals surface area contributed by atoms with Gasteiger partial charge in [0.25, 0.3) is 11.8 Å². The predicted molar refractivity (Wildman–Crippen MR) is 87.5 cm³/mol. The van der Waals surface area contributed by atoms with Crippen LogP contribution >= 0.6 is 0 Å². The highest BCUT2D eigenvalue weighted by Crippen LogP contribution is 2.18. The number of hydrogen-bond acceptors (Lipinski definition) is 3. The summed E-state index contributed by atoms with van der Waals surface area (Å²) >= 11 is 0. The molecule has 2 amide bonds. The van der Waals surface area contributed by atoms with Gasteiger partial charge in [0.15, 0.2) is 18.4 Å². The van der Waals surface area contributed by atoms with Gasteiger partial charge in [0.2, 0.25) is 0 Å². The number of nitrogens with one attached hydrogen (secondary N) is 3. The molecule has 1 aromatic rings. The molecule has 0 spiro atoms. The lowest BCUT2D eigenvalue weighted by Crippen LogP contribution is -3.15. The standard InChI is InChI=1S/C17H23N3O3/c1-11(20(3)10-16(22)18-14-7-8-14)17(23)19-15-6-4-5-13(9-15)12(2)21/h4-6,9,11,14H,7-8,10H2,1-3H3,(H,18,22)(H,19,23)/p+1/t11-/m1/s1. The Kier molecular flexibility index (Phi) is 5.50. The summed E-state index contributed by atoms with van der Waals surface area (Å²) in [6.07, 6.45) is 2.10. The molecule has 0 bridgehead atoms. The quantitative estimate of drug-likeness (QED) is 0.620. The van der Waals surface area contributed by atoms with E-state index >= 15 is 0 Å². The van der Waals surface area contributed by atoms with Crippen LogP contribution in [0.5, 0.6) is 0 Å². The zero-order valence-electron chi connectivity index (χ0n) is 13.8. The molecule has 0 saturated heterocycles. The predicted octanol–water partition coefficient (Wildman–Crippen LogP) is 0.00950. The first-order valence-corrected chi connectivity index (χ1v) is 7.90. The summed E-state index contributed by atoms with van der Waals surface area (Å²) in [4.78, 5) is 36.3. The zero-order valence-corrected chi connectivity index (χ0v) is 13.8. The van der Waals surface area contributed by atoms with Crippen LogP contribution in [0.3, 0.4) is 0 Å². The average molecular weight is 318 g/mol. The van der Waals surface area contributed by atoms with Crippen LogP contribution in [0.15, 0.2) is 24.3 Å². The third-order valence-corrected chi connectivity index (χ3v) is 4.05. The van der Waals surface area contributed by atoms with E-state index in [-0.39, 0.29) is 30.2 Å². The maximum atomic E-state index is 12.3. The first-order valence-electron chi connectivity index (χ1n) is 7.90. The lowest BCUT2D eigenvalue weighted by Gasteiger charge is -2.20. The van der Waals surface area contributed by atoms with Gasteiger partial charge in [0.1, 0.15) is 0 Å². The second-order valence-electron chi connectivity index (χ2n) is 6.21. The third-order valence-electron chi connectivity index (χ3n) is 4.05. The van der Waals surface area contributed by atoms with E-state index in [0.717, 1.165) is 17.7 Å². The van der Waals surface area contributed by atoms with Crippen LogP contribution in [0.2, 0.25) is 0 Å². The second-order valence-corrected chi connectivity index (χ2v) is 6.21. The van der Waals surface area contributed by atoms with Crippen LogP contribution in [0.25, 0.3) is 0 Å². The number of carbonyl (C=O) groups excluding carboxylic acids is 3. The Bertz CT molecular complexity index is 611. The maximum Gasteiger partial charge on any atom is 0.282 e. The van der Waals surface area contributed by atoms with E-state index in [1.165, 1.54) is 6.92 Å². The van der Waals surface area contributed by atoms with E-state index in [4.69, 9.17) is 0 Å². The molecule has 1 unspecified atom stereocenters. The normalized spacial score (nSPS) is 16.3. The molecule has 6 heteroatoms. The van der Waals surface area contributed by atoms with E-state index in [2.05, 4.69) is 10.6 Å². The van der Waals surface area contributed by atoms with Crippen molar-refractivity contribution in [3.8, 4) is 0 Å². The molecule has 1 aliphatic rings. The summed E-state index contributed by atoms with van der Waals surface area (Å²) in [6, 6.07) is 6.79. The van der Waals surface area contributed by atoms with Gasteiger partial charge in [-0.1, -0.05) is 12.1 Å². The number of likely N-dealkylation sites (N-methyl/N-ethyl adjacent to an activating group) is 1. The molecule has 1 saturated carbocycles. The number of rotatable bonds is 7. The Morgan fingerprint density at radius 3 is 2.61 bits per heavy atom. The summed E-state index contributed by atoms with van der Waals surface area (Å²) in [6.45, 7) is 3.53. The Morgan fingerprint density at radius 1 is 1.30 bits per heavy atom. The molecule has 0 aliphatic heterocycles. The Labute approximate surface area is 136 Å². The van der Waals surface area contributed by atoms with E-state index in [0.29, 0.717) is 17.3 Å². The van der Waals surface area contributed by atoms with Crippen LogP contribution in [-0.4, -0.2) is 43.3 Å². The summed E-state index contributed by atoms with van der Waals surface area (Å²) in [7, 11) is 1.82. The van der Waals surface area contributed by atoms with Gasteiger partial charge in [0.05, 0.1) is 7.05 Å². The summed E-state index contributed by atoms with van der Waals surface area (Å²) in [5.74, 6) is -0.251. The number of benzene rings is 1. The molecule has 2 rings (SSSR count). The largest absolute Gasteiger partial charge is 0.348 e. The van der Waals surface area contributed by atoms with Crippen LogP contribution in [0.1, 0.15) is 37.0 Å². The van der Waals surface area contributed by atoms with Crippen molar-refractivity contribution in [2.24, 2.45) is 0 Å². The molecule has 124 valence electrons. The molecule has 0 radical (unpaired) electrons. The van der Waals surface area contributed by atoms with Crippen LogP contribution in [0, 0.1) is 0 Å². The van der Waals surface area contributed by atoms with Crippen molar-refractivity contribution < 1.29 is 19.3 Å². The lowest BCUT2D eigenvalue weighted by molar-refractivity contribution is -0.885. The van der Waals surface area contributed by atoms with Crippen molar-refractivity contribution in [1.82, 2.24) is 5.32 Å². The lowest BCUT2D eigenvalue weighted by atomic mass is 10.1. The minimum absolute atomic E-state index is 0.0248. The molecule has 0 heterocycles. The van der Waals surface area contributed by atoms with E-state index in [1.807, 2.05) is 7.05 Å². The topological polar surface area (TPSA) is 79.7 Å². The zero-order chi connectivity index (χ0) is 17.0. The highest BCUT2D eigenvalue weighted by Gasteiger charge is 2.27. The highest BCUT2D eigenvalue weighted by molar-refractivity contribution is 5.98. The number of quaternary nitrogens is 1. The Morgan fingerprint density at radius 2 is 2.00 bits per heavy atom. The number of ketones is 1. The number of anilines is 1. The van der Waals surface area contributed by atoms with Crippen LogP contribution in [0.4, 0.5) is 5.69 Å². The van der Waals surface area contributed by atoms with Gasteiger partial charge in [-0.05, 0) is 38.8 Å². The molecule has 1 aliphatic carbocycles. The van der Waals surface area contributed by atoms with Gasteiger partial charge in [-0.2, -0.15) is 0 Å². The number of hydrogen-bond donors (Lipinski definition) is 3. The molecule has 23 heavy (non-hydrogen) atoms. The molecular weight excluding hydrogens is 294 g/mol. The van der Waals surface area contributed by atoms with Crippen molar-refractivity contribution in [3.05, 3.63) is 29.8 Å². The van der Waals surface area contributed by atoms with Gasteiger partial charge < -0.3 is 15.5 Å². The molecule has 1 fully saturated rings. The van der Waals surface area contributed by atoms with Crippen LogP contribution in [-0.2, 0) is 9.59 Å². The van der Waals surface area contributed by atoms with Crippen molar-refractivity contribution in [1.29, 1.82) is 0 Å². The monoisotopic (exact) mass is 318 g/mol. The summed E-state index contributed by atoms with van der Waals surface area (Å²) in [5.41, 5.74) is 1.14. The van der Waals surface area contributed by atoms with E-state index in [1.54, 1.807) is 31.2 Å². The maximum absolute atomic E-state index is 12.3. The van der Waals surface area contributed by atoms with Gasteiger partial charge in [0, 0.05) is 17.3 Å². The molecule has 0 aromatic heterocycles. The van der Waals surface area contributed by atoms with Crippen LogP contribution < -0.4 is 15.5 Å². The Balaban J connectivity index is 1.89. The molecule has 6 nitrogen and oxygen atoms in total. The average Bonchev–Trinajstić information content (AvgIpc) is 3.30. The summed E-state index contributed by atoms with van der Waals surface area (Å²) < 4.78 is 0. The molecular formula is C17H24N3O3+. The van der Waals surface area contributed by atoms with Gasteiger partial charge in [-0.15, -0.1) is 0 Å². The molecule has 2 atom stereocenters. The fraction of sp³-hybridized carbons (Fsp3) is 0.471. The van der Waals surface area contributed by atoms with E-state index in [9.17, 15) is 14.4 Å². The minimum Gasteiger partial charge on any atom is -0.348 e. The number of amides is 2. The molecule has 1 aromatic carbocycles. The minimum atomic E-state index is -0.374. The van der Waals surface area contributed by atoms with E-state index < -0.39 is 0 Å². The van der Waals surface area contributed by atoms with Crippen molar-refractivity contribution in [2.75, 3.05) is 18.9 Å². The fourth-order valence-electron chi connectivity index (χ4n) is 2.20. The van der Waals surface area contributed by atoms with Crippen molar-refractivity contribution in [2.45, 2.75) is 38.8 Å². The first-order chi connectivity index (χ1) is 10.9. The first kappa shape index (κ1) is 17.1. The SMILES string of the molecule is CC(=O)c1cccc(NC(=O)[C@@H](C)[NH+](C)CC(=O)NC2CC2)c1.